The number of rotatable bonds is 10. The minimum absolute atomic E-state index is 0.160. The minimum Gasteiger partial charge on any atom is -0.483 e. The van der Waals surface area contributed by atoms with Gasteiger partial charge in [-0.15, -0.1) is 20.4 Å². The van der Waals surface area contributed by atoms with Gasteiger partial charge >= 0.3 is 0 Å². The Kier molecular flexibility index (Phi) is 8.37. The molecule has 1 amide bonds. The van der Waals surface area contributed by atoms with Crippen molar-refractivity contribution < 1.29 is 9.53 Å². The number of carbonyl (C=O) groups excluding carboxylic acids is 1. The molecule has 4 aromatic rings. The van der Waals surface area contributed by atoms with Crippen LogP contribution >= 0.6 is 23.1 Å². The Morgan fingerprint density at radius 2 is 1.67 bits per heavy atom. The van der Waals surface area contributed by atoms with E-state index in [0.29, 0.717) is 22.0 Å². The molecule has 0 aliphatic carbocycles. The minimum atomic E-state index is -0.360. The van der Waals surface area contributed by atoms with Crippen LogP contribution in [0.4, 0.5) is 5.13 Å². The van der Waals surface area contributed by atoms with Crippen LogP contribution < -0.4 is 10.1 Å². The van der Waals surface area contributed by atoms with Crippen molar-refractivity contribution >= 4 is 34.1 Å². The topological polar surface area (TPSA) is 94.8 Å². The van der Waals surface area contributed by atoms with E-state index in [0.717, 1.165) is 16.4 Å². The predicted molar refractivity (Wildman–Crippen MR) is 144 cm³/mol. The third-order valence-corrected chi connectivity index (χ3v) is 7.48. The van der Waals surface area contributed by atoms with Crippen LogP contribution in [0.15, 0.2) is 59.8 Å². The first-order valence-corrected chi connectivity index (χ1v) is 13.7. The molecule has 1 N–H and O–H groups in total. The molecule has 1 unspecified atom stereocenters. The summed E-state index contributed by atoms with van der Waals surface area (Å²) in [5, 5.41) is 21.8. The van der Waals surface area contributed by atoms with Crippen LogP contribution in [0.5, 0.6) is 5.75 Å². The molecule has 2 aromatic heterocycles. The molecule has 0 saturated heterocycles. The normalized spacial score (nSPS) is 12.2. The maximum atomic E-state index is 12.6. The molecule has 2 aromatic carbocycles. The van der Waals surface area contributed by atoms with Gasteiger partial charge in [0.2, 0.25) is 11.0 Å². The fourth-order valence-electron chi connectivity index (χ4n) is 3.45. The first-order chi connectivity index (χ1) is 17.3. The molecule has 4 rings (SSSR count). The first-order valence-electron chi connectivity index (χ1n) is 11.8. The molecular weight excluding hydrogens is 492 g/mol. The van der Waals surface area contributed by atoms with Gasteiger partial charge in [0, 0.05) is 11.6 Å². The van der Waals surface area contributed by atoms with E-state index in [1.165, 1.54) is 28.7 Å². The lowest BCUT2D eigenvalue weighted by Crippen LogP contribution is -2.15. The van der Waals surface area contributed by atoms with Crippen LogP contribution in [0.2, 0.25) is 0 Å². The van der Waals surface area contributed by atoms with Crippen LogP contribution in [0.3, 0.4) is 0 Å². The number of aromatic nitrogens is 5. The molecule has 10 heteroatoms. The number of anilines is 1. The van der Waals surface area contributed by atoms with Crippen molar-refractivity contribution in [3.63, 3.8) is 0 Å². The van der Waals surface area contributed by atoms with E-state index in [4.69, 9.17) is 4.74 Å². The highest BCUT2D eigenvalue weighted by Crippen LogP contribution is 2.29. The molecule has 36 heavy (non-hydrogen) atoms. The number of nitrogens with one attached hydrogen (secondary N) is 1. The first kappa shape index (κ1) is 25.8. The average Bonchev–Trinajstić information content (AvgIpc) is 3.51. The maximum absolute atomic E-state index is 12.6. The fourth-order valence-corrected chi connectivity index (χ4v) is 4.97. The van der Waals surface area contributed by atoms with Crippen molar-refractivity contribution in [2.24, 2.45) is 0 Å². The molecule has 0 radical (unpaired) electrons. The fraction of sp³-hybridized carbons (Fsp3) is 0.346. The van der Waals surface area contributed by atoms with Gasteiger partial charge in [-0.1, -0.05) is 81.1 Å². The van der Waals surface area contributed by atoms with Crippen LogP contribution in [-0.2, 0) is 4.79 Å². The SMILES string of the molecule is CC(C)c1ccc(OC(C)c2nnc(SCC(=O)Nc3nnc(C(C)C)s3)n2-c2ccccc2)cc1. The van der Waals surface area contributed by atoms with Gasteiger partial charge in [0.15, 0.2) is 17.1 Å². The number of nitrogens with zero attached hydrogens (tertiary/aromatic N) is 5. The summed E-state index contributed by atoms with van der Waals surface area (Å²) in [6, 6.07) is 18.0. The van der Waals surface area contributed by atoms with Crippen molar-refractivity contribution in [2.75, 3.05) is 11.1 Å². The Morgan fingerprint density at radius 1 is 0.944 bits per heavy atom. The van der Waals surface area contributed by atoms with Gasteiger partial charge in [-0.3, -0.25) is 14.7 Å². The molecule has 0 spiro atoms. The molecule has 0 fully saturated rings. The predicted octanol–water partition coefficient (Wildman–Crippen LogP) is 6.24. The second-order valence-electron chi connectivity index (χ2n) is 8.93. The van der Waals surface area contributed by atoms with Crippen molar-refractivity contribution in [3.05, 3.63) is 71.0 Å². The number of thioether (sulfide) groups is 1. The highest BCUT2D eigenvalue weighted by molar-refractivity contribution is 7.99. The van der Waals surface area contributed by atoms with E-state index in [-0.39, 0.29) is 23.7 Å². The molecule has 1 atom stereocenters. The van der Waals surface area contributed by atoms with Crippen LogP contribution in [-0.4, -0.2) is 36.6 Å². The lowest BCUT2D eigenvalue weighted by Gasteiger charge is -2.17. The summed E-state index contributed by atoms with van der Waals surface area (Å²) in [7, 11) is 0. The summed E-state index contributed by atoms with van der Waals surface area (Å²) in [6.45, 7) is 10.4. The van der Waals surface area contributed by atoms with Gasteiger partial charge in [0.25, 0.3) is 0 Å². The van der Waals surface area contributed by atoms with E-state index >= 15 is 0 Å². The average molecular weight is 523 g/mol. The number of hydrogen-bond donors (Lipinski definition) is 1. The van der Waals surface area contributed by atoms with E-state index in [9.17, 15) is 4.79 Å². The van der Waals surface area contributed by atoms with Gasteiger partial charge in [-0.2, -0.15) is 0 Å². The smallest absolute Gasteiger partial charge is 0.236 e. The number of carbonyl (C=O) groups is 1. The highest BCUT2D eigenvalue weighted by atomic mass is 32.2. The number of para-hydroxylation sites is 1. The molecule has 0 bridgehead atoms. The molecule has 0 saturated carbocycles. The van der Waals surface area contributed by atoms with Crippen LogP contribution in [0, 0.1) is 0 Å². The second kappa shape index (κ2) is 11.7. The number of hydrogen-bond acceptors (Lipinski definition) is 8. The third kappa shape index (κ3) is 6.30. The standard InChI is InChI=1S/C26H30N6O2S2/c1-16(2)19-11-13-21(14-12-19)34-18(5)23-28-31-26(32(23)20-9-7-6-8-10-20)35-15-22(33)27-25-30-29-24(36-25)17(3)4/h6-14,16-18H,15H2,1-5H3,(H,27,30,33). The van der Waals surface area contributed by atoms with Gasteiger partial charge < -0.3 is 4.74 Å². The lowest BCUT2D eigenvalue weighted by atomic mass is 10.0. The molecule has 188 valence electrons. The van der Waals surface area contributed by atoms with E-state index in [1.54, 1.807) is 0 Å². The number of amides is 1. The Labute approximate surface area is 219 Å². The van der Waals surface area contributed by atoms with E-state index < -0.39 is 0 Å². The zero-order valence-electron chi connectivity index (χ0n) is 21.0. The molecule has 8 nitrogen and oxygen atoms in total. The second-order valence-corrected chi connectivity index (χ2v) is 10.9. The van der Waals surface area contributed by atoms with Gasteiger partial charge in [0.1, 0.15) is 10.8 Å². The zero-order chi connectivity index (χ0) is 25.7. The Morgan fingerprint density at radius 3 is 2.31 bits per heavy atom. The zero-order valence-corrected chi connectivity index (χ0v) is 22.6. The molecular formula is C26H30N6O2S2. The summed E-state index contributed by atoms with van der Waals surface area (Å²) < 4.78 is 8.15. The lowest BCUT2D eigenvalue weighted by molar-refractivity contribution is -0.113. The molecule has 2 heterocycles. The summed E-state index contributed by atoms with van der Waals surface area (Å²) in [4.78, 5) is 12.6. The highest BCUT2D eigenvalue weighted by Gasteiger charge is 2.22. The van der Waals surface area contributed by atoms with Crippen molar-refractivity contribution in [3.8, 4) is 11.4 Å². The quantitative estimate of drug-likeness (QED) is 0.246. The van der Waals surface area contributed by atoms with Gasteiger partial charge in [0.05, 0.1) is 5.75 Å². The van der Waals surface area contributed by atoms with E-state index in [1.807, 2.05) is 67.8 Å². The van der Waals surface area contributed by atoms with E-state index in [2.05, 4.69) is 51.7 Å². The molecule has 0 aliphatic heterocycles. The summed E-state index contributed by atoms with van der Waals surface area (Å²) in [5.41, 5.74) is 2.16. The largest absolute Gasteiger partial charge is 0.483 e. The molecule has 0 aliphatic rings. The van der Waals surface area contributed by atoms with Crippen molar-refractivity contribution in [1.82, 2.24) is 25.0 Å². The number of benzene rings is 2. The summed E-state index contributed by atoms with van der Waals surface area (Å²) >= 11 is 2.70. The van der Waals surface area contributed by atoms with Crippen LogP contribution in [0.25, 0.3) is 5.69 Å². The Balaban J connectivity index is 1.50. The van der Waals surface area contributed by atoms with Crippen molar-refractivity contribution in [1.29, 1.82) is 0 Å². The Hall–Kier alpha value is -3.24. The maximum Gasteiger partial charge on any atom is 0.236 e. The van der Waals surface area contributed by atoms with Crippen molar-refractivity contribution in [2.45, 2.75) is 57.7 Å². The number of ether oxygens (including phenoxy) is 1. The van der Waals surface area contributed by atoms with Gasteiger partial charge in [-0.05, 0) is 42.7 Å². The Bertz CT molecular complexity index is 1290. The monoisotopic (exact) mass is 522 g/mol. The summed E-state index contributed by atoms with van der Waals surface area (Å²) in [6.07, 6.45) is -0.360. The third-order valence-electron chi connectivity index (χ3n) is 5.41. The summed E-state index contributed by atoms with van der Waals surface area (Å²) in [5.74, 6) is 2.13. The van der Waals surface area contributed by atoms with Crippen LogP contribution in [0.1, 0.15) is 69.0 Å². The van der Waals surface area contributed by atoms with Gasteiger partial charge in [-0.25, -0.2) is 0 Å².